The molecule has 0 aliphatic heterocycles. The minimum Gasteiger partial charge on any atom is -0.423 e. The molecule has 5 aromatic rings. The van der Waals surface area contributed by atoms with Crippen molar-refractivity contribution in [3.63, 3.8) is 0 Å². The minimum atomic E-state index is -0.419. The van der Waals surface area contributed by atoms with Crippen molar-refractivity contribution in [1.29, 1.82) is 0 Å². The third-order valence-electron chi connectivity index (χ3n) is 4.70. The van der Waals surface area contributed by atoms with Crippen LogP contribution in [0.5, 0.6) is 0 Å². The van der Waals surface area contributed by atoms with Gasteiger partial charge >= 0.3 is 5.63 Å². The third-order valence-corrected chi connectivity index (χ3v) is 4.70. The molecular formula is C24H15NO3. The van der Waals surface area contributed by atoms with Crippen molar-refractivity contribution < 1.29 is 8.94 Å². The van der Waals surface area contributed by atoms with Gasteiger partial charge in [0, 0.05) is 22.6 Å². The fourth-order valence-electron chi connectivity index (χ4n) is 3.44. The van der Waals surface area contributed by atoms with E-state index in [2.05, 4.69) is 5.16 Å². The maximum Gasteiger partial charge on any atom is 0.336 e. The number of hydrogen-bond donors (Lipinski definition) is 0. The van der Waals surface area contributed by atoms with Crippen LogP contribution in [0.1, 0.15) is 0 Å². The summed E-state index contributed by atoms with van der Waals surface area (Å²) < 4.78 is 11.1. The van der Waals surface area contributed by atoms with Crippen molar-refractivity contribution in [2.24, 2.45) is 0 Å². The van der Waals surface area contributed by atoms with Gasteiger partial charge in [-0.1, -0.05) is 84.0 Å². The van der Waals surface area contributed by atoms with E-state index < -0.39 is 5.63 Å². The quantitative estimate of drug-likeness (QED) is 0.380. The SMILES string of the molecule is O=c1cc(-c2noc(-c3ccccc3)c2-c2ccccc2)c2ccccc2o1. The van der Waals surface area contributed by atoms with Gasteiger partial charge in [0.25, 0.3) is 0 Å². The average molecular weight is 365 g/mol. The van der Waals surface area contributed by atoms with E-state index in [-0.39, 0.29) is 0 Å². The highest BCUT2D eigenvalue weighted by atomic mass is 16.5. The molecular weight excluding hydrogens is 350 g/mol. The zero-order valence-electron chi connectivity index (χ0n) is 14.8. The molecule has 0 radical (unpaired) electrons. The van der Waals surface area contributed by atoms with Crippen molar-refractivity contribution in [1.82, 2.24) is 5.16 Å². The molecule has 4 nitrogen and oxygen atoms in total. The molecule has 0 amide bonds. The molecule has 0 atom stereocenters. The molecule has 3 aromatic carbocycles. The zero-order chi connectivity index (χ0) is 18.9. The van der Waals surface area contributed by atoms with Crippen LogP contribution in [0.4, 0.5) is 0 Å². The summed E-state index contributed by atoms with van der Waals surface area (Å²) in [7, 11) is 0. The van der Waals surface area contributed by atoms with E-state index in [9.17, 15) is 4.79 Å². The second kappa shape index (κ2) is 6.67. The molecule has 134 valence electrons. The van der Waals surface area contributed by atoms with Gasteiger partial charge in [-0.3, -0.25) is 0 Å². The van der Waals surface area contributed by atoms with Crippen LogP contribution >= 0.6 is 0 Å². The summed E-state index contributed by atoms with van der Waals surface area (Å²) in [6.07, 6.45) is 0. The smallest absolute Gasteiger partial charge is 0.336 e. The van der Waals surface area contributed by atoms with Gasteiger partial charge in [0.05, 0.1) is 5.56 Å². The van der Waals surface area contributed by atoms with Crippen molar-refractivity contribution >= 4 is 11.0 Å². The monoisotopic (exact) mass is 365 g/mol. The standard InChI is InChI=1S/C24H15NO3/c26-21-15-19(18-13-7-8-14-20(18)27-21)23-22(16-9-3-1-4-10-16)24(28-25-23)17-11-5-2-6-12-17/h1-15H. The van der Waals surface area contributed by atoms with Crippen LogP contribution in [0.2, 0.25) is 0 Å². The molecule has 0 aliphatic carbocycles. The first-order valence-electron chi connectivity index (χ1n) is 8.95. The van der Waals surface area contributed by atoms with Crippen LogP contribution in [0.15, 0.2) is 105 Å². The van der Waals surface area contributed by atoms with Gasteiger partial charge in [0.15, 0.2) is 5.76 Å². The summed E-state index contributed by atoms with van der Waals surface area (Å²) in [6.45, 7) is 0. The molecule has 2 aromatic heterocycles. The van der Waals surface area contributed by atoms with E-state index in [1.807, 2.05) is 78.9 Å². The summed E-state index contributed by atoms with van der Waals surface area (Å²) >= 11 is 0. The van der Waals surface area contributed by atoms with Crippen molar-refractivity contribution in [3.05, 3.63) is 101 Å². The number of fused-ring (bicyclic) bond motifs is 1. The van der Waals surface area contributed by atoms with Gasteiger partial charge < -0.3 is 8.94 Å². The third kappa shape index (κ3) is 2.72. The number of rotatable bonds is 3. The van der Waals surface area contributed by atoms with Gasteiger partial charge in [0.1, 0.15) is 11.3 Å². The number of aromatic nitrogens is 1. The largest absolute Gasteiger partial charge is 0.423 e. The van der Waals surface area contributed by atoms with Crippen molar-refractivity contribution in [2.75, 3.05) is 0 Å². The molecule has 28 heavy (non-hydrogen) atoms. The topological polar surface area (TPSA) is 56.2 Å². The lowest BCUT2D eigenvalue weighted by molar-refractivity contribution is 0.435. The predicted molar refractivity (Wildman–Crippen MR) is 109 cm³/mol. The Morgan fingerprint density at radius 2 is 1.36 bits per heavy atom. The lowest BCUT2D eigenvalue weighted by Crippen LogP contribution is -1.98. The van der Waals surface area contributed by atoms with Crippen LogP contribution in [-0.4, -0.2) is 5.16 Å². The highest BCUT2D eigenvalue weighted by Crippen LogP contribution is 2.41. The summed E-state index contributed by atoms with van der Waals surface area (Å²) in [5.41, 5.74) is 4.15. The molecule has 0 saturated heterocycles. The lowest BCUT2D eigenvalue weighted by atomic mass is 9.95. The summed E-state index contributed by atoms with van der Waals surface area (Å²) in [4.78, 5) is 12.2. The Balaban J connectivity index is 1.85. The Labute approximate surface area is 160 Å². The summed E-state index contributed by atoms with van der Waals surface area (Å²) in [6, 6.07) is 28.7. The molecule has 5 rings (SSSR count). The Hall–Kier alpha value is -3.92. The van der Waals surface area contributed by atoms with E-state index in [0.29, 0.717) is 22.6 Å². The summed E-state index contributed by atoms with van der Waals surface area (Å²) in [5.74, 6) is 0.666. The van der Waals surface area contributed by atoms with Gasteiger partial charge in [-0.2, -0.15) is 0 Å². The maximum atomic E-state index is 12.2. The maximum absolute atomic E-state index is 12.2. The van der Waals surface area contributed by atoms with E-state index in [1.165, 1.54) is 6.07 Å². The average Bonchev–Trinajstić information content (AvgIpc) is 3.19. The number of para-hydroxylation sites is 1. The molecule has 0 fully saturated rings. The molecule has 0 aliphatic rings. The Bertz CT molecular complexity index is 1320. The van der Waals surface area contributed by atoms with Crippen LogP contribution in [0.3, 0.4) is 0 Å². The molecule has 2 heterocycles. The molecule has 0 saturated carbocycles. The molecule has 0 spiro atoms. The fraction of sp³-hybridized carbons (Fsp3) is 0. The Morgan fingerprint density at radius 1 is 0.714 bits per heavy atom. The van der Waals surface area contributed by atoms with Gasteiger partial charge in [-0.05, 0) is 11.6 Å². The highest BCUT2D eigenvalue weighted by Gasteiger charge is 2.22. The summed E-state index contributed by atoms with van der Waals surface area (Å²) in [5, 5.41) is 5.19. The Kier molecular flexibility index (Phi) is 3.87. The fourth-order valence-corrected chi connectivity index (χ4v) is 3.44. The van der Waals surface area contributed by atoms with Gasteiger partial charge in [0.2, 0.25) is 0 Å². The first-order chi connectivity index (χ1) is 13.8. The van der Waals surface area contributed by atoms with Crippen LogP contribution < -0.4 is 5.63 Å². The van der Waals surface area contributed by atoms with E-state index >= 15 is 0 Å². The lowest BCUT2D eigenvalue weighted by Gasteiger charge is -2.07. The van der Waals surface area contributed by atoms with Crippen LogP contribution in [0, 0.1) is 0 Å². The predicted octanol–water partition coefficient (Wildman–Crippen LogP) is 5.78. The second-order valence-corrected chi connectivity index (χ2v) is 6.44. The number of benzene rings is 3. The van der Waals surface area contributed by atoms with Gasteiger partial charge in [-0.25, -0.2) is 4.79 Å². The van der Waals surface area contributed by atoms with E-state index in [4.69, 9.17) is 8.94 Å². The van der Waals surface area contributed by atoms with Gasteiger partial charge in [-0.15, -0.1) is 0 Å². The van der Waals surface area contributed by atoms with Crippen LogP contribution in [0.25, 0.3) is 44.7 Å². The van der Waals surface area contributed by atoms with Crippen molar-refractivity contribution in [2.45, 2.75) is 0 Å². The molecule has 0 unspecified atom stereocenters. The van der Waals surface area contributed by atoms with E-state index in [1.54, 1.807) is 6.07 Å². The molecule has 0 bridgehead atoms. The molecule has 4 heteroatoms. The Morgan fingerprint density at radius 3 is 2.11 bits per heavy atom. The minimum absolute atomic E-state index is 0.419. The number of nitrogens with zero attached hydrogens (tertiary/aromatic N) is 1. The normalized spacial score (nSPS) is 11.0. The van der Waals surface area contributed by atoms with Crippen LogP contribution in [-0.2, 0) is 0 Å². The molecule has 0 N–H and O–H groups in total. The number of hydrogen-bond acceptors (Lipinski definition) is 4. The highest BCUT2D eigenvalue weighted by molar-refractivity contribution is 5.99. The van der Waals surface area contributed by atoms with E-state index in [0.717, 1.165) is 22.1 Å². The first kappa shape index (κ1) is 16.3. The van der Waals surface area contributed by atoms with Crippen molar-refractivity contribution in [3.8, 4) is 33.7 Å². The zero-order valence-corrected chi connectivity index (χ0v) is 14.8. The second-order valence-electron chi connectivity index (χ2n) is 6.44. The first-order valence-corrected chi connectivity index (χ1v) is 8.95.